The first-order valence-electron chi connectivity index (χ1n) is 11.5. The van der Waals surface area contributed by atoms with Crippen LogP contribution >= 0.6 is 0 Å². The van der Waals surface area contributed by atoms with E-state index in [9.17, 15) is 9.90 Å². The lowest BCUT2D eigenvalue weighted by molar-refractivity contribution is -0.123. The van der Waals surface area contributed by atoms with Gasteiger partial charge in [0.15, 0.2) is 6.61 Å². The summed E-state index contributed by atoms with van der Waals surface area (Å²) in [6, 6.07) is 16.3. The molecule has 1 saturated heterocycles. The van der Waals surface area contributed by atoms with Crippen LogP contribution in [0.15, 0.2) is 48.5 Å². The minimum absolute atomic E-state index is 0.0595. The number of rotatable bonds is 8. The number of likely N-dealkylation sites (N-methyl/N-ethyl adjacent to an activating group) is 1. The van der Waals surface area contributed by atoms with Gasteiger partial charge in [-0.2, -0.15) is 0 Å². The molecule has 7 heteroatoms. The summed E-state index contributed by atoms with van der Waals surface area (Å²) in [5, 5.41) is 13.2. The van der Waals surface area contributed by atoms with Crippen molar-refractivity contribution in [3.63, 3.8) is 0 Å². The highest BCUT2D eigenvalue weighted by Gasteiger charge is 2.19. The molecule has 2 N–H and O–H groups in total. The van der Waals surface area contributed by atoms with E-state index in [-0.39, 0.29) is 19.1 Å². The lowest BCUT2D eigenvalue weighted by Gasteiger charge is -2.34. The van der Waals surface area contributed by atoms with Crippen LogP contribution in [0.2, 0.25) is 0 Å². The fourth-order valence-corrected chi connectivity index (χ4v) is 4.34. The molecule has 0 aliphatic carbocycles. The predicted octanol–water partition coefficient (Wildman–Crippen LogP) is 1.35. The number of carbonyl (C=O) groups excluding carboxylic acids is 1. The molecule has 1 fully saturated rings. The van der Waals surface area contributed by atoms with Crippen LogP contribution in [0.5, 0.6) is 5.75 Å². The van der Waals surface area contributed by atoms with Crippen LogP contribution in [-0.4, -0.2) is 86.4 Å². The third kappa shape index (κ3) is 6.22. The molecule has 0 spiro atoms. The third-order valence-corrected chi connectivity index (χ3v) is 6.27. The van der Waals surface area contributed by atoms with Gasteiger partial charge in [-0.05, 0) is 36.7 Å². The number of piperazine rings is 1. The number of hydrogen-bond donors (Lipinski definition) is 2. The molecule has 2 heterocycles. The number of nitrogens with zero attached hydrogens (tertiary/aromatic N) is 3. The van der Waals surface area contributed by atoms with Crippen molar-refractivity contribution >= 4 is 11.6 Å². The molecule has 2 aromatic rings. The lowest BCUT2D eigenvalue weighted by atomic mass is 10.00. The molecule has 0 radical (unpaired) electrons. The van der Waals surface area contributed by atoms with Crippen LogP contribution in [0.1, 0.15) is 11.1 Å². The quantitative estimate of drug-likeness (QED) is 0.649. The van der Waals surface area contributed by atoms with Gasteiger partial charge in [-0.1, -0.05) is 30.3 Å². The fourth-order valence-electron chi connectivity index (χ4n) is 4.34. The summed E-state index contributed by atoms with van der Waals surface area (Å²) >= 11 is 0. The smallest absolute Gasteiger partial charge is 0.258 e. The number of ether oxygens (including phenoxy) is 1. The van der Waals surface area contributed by atoms with Gasteiger partial charge in [-0.15, -0.1) is 0 Å². The minimum atomic E-state index is -0.607. The number of β-amino-alcohol motifs (C(OH)–C–C–N with tert-alkyl or cyclic N) is 1. The van der Waals surface area contributed by atoms with Crippen molar-refractivity contribution in [2.75, 3.05) is 64.4 Å². The van der Waals surface area contributed by atoms with E-state index in [0.29, 0.717) is 12.3 Å². The second kappa shape index (κ2) is 10.8. The number of amides is 1. The van der Waals surface area contributed by atoms with Crippen LogP contribution in [0.4, 0.5) is 5.69 Å². The Morgan fingerprint density at radius 3 is 2.66 bits per heavy atom. The molecule has 2 aliphatic rings. The molecular formula is C25H34N4O3. The Hall–Kier alpha value is -2.61. The molecule has 4 rings (SSSR count). The van der Waals surface area contributed by atoms with Crippen molar-refractivity contribution in [2.45, 2.75) is 19.1 Å². The minimum Gasteiger partial charge on any atom is -0.484 e. The number of anilines is 1. The SMILES string of the molecule is CN1CCN(c2cccc(OCC(=O)NCC(O)CN3CCc4ccccc4C3)c2)CC1. The van der Waals surface area contributed by atoms with Crippen molar-refractivity contribution < 1.29 is 14.6 Å². The van der Waals surface area contributed by atoms with E-state index >= 15 is 0 Å². The molecule has 32 heavy (non-hydrogen) atoms. The molecule has 1 unspecified atom stereocenters. The van der Waals surface area contributed by atoms with Crippen LogP contribution in [-0.2, 0) is 17.8 Å². The Balaban J connectivity index is 1.17. The van der Waals surface area contributed by atoms with E-state index in [4.69, 9.17) is 4.74 Å². The Morgan fingerprint density at radius 2 is 1.84 bits per heavy atom. The van der Waals surface area contributed by atoms with Crippen molar-refractivity contribution in [2.24, 2.45) is 0 Å². The van der Waals surface area contributed by atoms with Crippen LogP contribution in [0, 0.1) is 0 Å². The topological polar surface area (TPSA) is 68.3 Å². The standard InChI is InChI=1S/C25H34N4O3/c1-27-11-13-29(14-12-27)22-7-4-8-24(15-22)32-19-25(31)26-16-23(30)18-28-10-9-20-5-2-3-6-21(20)17-28/h2-8,15,23,30H,9-14,16-19H2,1H3,(H,26,31). The van der Waals surface area contributed by atoms with E-state index < -0.39 is 6.10 Å². The number of fused-ring (bicyclic) bond motifs is 1. The number of nitrogens with one attached hydrogen (secondary N) is 1. The molecule has 1 atom stereocenters. The Kier molecular flexibility index (Phi) is 7.63. The molecule has 0 saturated carbocycles. The maximum Gasteiger partial charge on any atom is 0.258 e. The van der Waals surface area contributed by atoms with Crippen molar-refractivity contribution in [1.82, 2.24) is 15.1 Å². The number of benzene rings is 2. The number of aliphatic hydroxyl groups is 1. The maximum atomic E-state index is 12.2. The Morgan fingerprint density at radius 1 is 1.06 bits per heavy atom. The number of carbonyl (C=O) groups is 1. The molecule has 7 nitrogen and oxygen atoms in total. The first-order chi connectivity index (χ1) is 15.6. The molecule has 1 amide bonds. The van der Waals surface area contributed by atoms with Gasteiger partial charge in [0.1, 0.15) is 5.75 Å². The molecule has 0 bridgehead atoms. The predicted molar refractivity (Wildman–Crippen MR) is 126 cm³/mol. The lowest BCUT2D eigenvalue weighted by Crippen LogP contribution is -2.44. The number of aliphatic hydroxyl groups excluding tert-OH is 1. The average molecular weight is 439 g/mol. The first kappa shape index (κ1) is 22.6. The largest absolute Gasteiger partial charge is 0.484 e. The van der Waals surface area contributed by atoms with Crippen LogP contribution in [0.3, 0.4) is 0 Å². The second-order valence-corrected chi connectivity index (χ2v) is 8.79. The summed E-state index contributed by atoms with van der Waals surface area (Å²) < 4.78 is 5.70. The van der Waals surface area contributed by atoms with Crippen molar-refractivity contribution in [3.05, 3.63) is 59.7 Å². The maximum absolute atomic E-state index is 12.2. The van der Waals surface area contributed by atoms with Gasteiger partial charge in [-0.3, -0.25) is 9.69 Å². The molecule has 2 aromatic carbocycles. The summed E-state index contributed by atoms with van der Waals surface area (Å²) in [4.78, 5) is 19.1. The summed E-state index contributed by atoms with van der Waals surface area (Å²) in [6.45, 7) is 6.53. The van der Waals surface area contributed by atoms with E-state index in [1.165, 1.54) is 11.1 Å². The molecule has 172 valence electrons. The van der Waals surface area contributed by atoms with Gasteiger partial charge in [0, 0.05) is 64.1 Å². The second-order valence-electron chi connectivity index (χ2n) is 8.79. The highest BCUT2D eigenvalue weighted by Crippen LogP contribution is 2.22. The normalized spacial score (nSPS) is 18.1. The van der Waals surface area contributed by atoms with Gasteiger partial charge in [0.25, 0.3) is 5.91 Å². The monoisotopic (exact) mass is 438 g/mol. The average Bonchev–Trinajstić information content (AvgIpc) is 2.82. The van der Waals surface area contributed by atoms with Gasteiger partial charge in [-0.25, -0.2) is 0 Å². The van der Waals surface area contributed by atoms with Gasteiger partial charge in [0.05, 0.1) is 6.10 Å². The summed E-state index contributed by atoms with van der Waals surface area (Å²) in [5.41, 5.74) is 3.83. The number of hydrogen-bond acceptors (Lipinski definition) is 6. The highest BCUT2D eigenvalue weighted by molar-refractivity contribution is 5.77. The van der Waals surface area contributed by atoms with E-state index in [2.05, 4.69) is 57.4 Å². The molecular weight excluding hydrogens is 404 g/mol. The summed E-state index contributed by atoms with van der Waals surface area (Å²) in [6.07, 6.45) is 0.390. The zero-order valence-electron chi connectivity index (χ0n) is 18.9. The zero-order chi connectivity index (χ0) is 22.3. The van der Waals surface area contributed by atoms with Gasteiger partial charge >= 0.3 is 0 Å². The first-order valence-corrected chi connectivity index (χ1v) is 11.5. The van der Waals surface area contributed by atoms with Crippen molar-refractivity contribution in [1.29, 1.82) is 0 Å². The van der Waals surface area contributed by atoms with E-state index in [1.54, 1.807) is 0 Å². The Bertz CT molecular complexity index is 898. The zero-order valence-corrected chi connectivity index (χ0v) is 18.9. The van der Waals surface area contributed by atoms with Crippen LogP contribution in [0.25, 0.3) is 0 Å². The summed E-state index contributed by atoms with van der Waals surface area (Å²) in [7, 11) is 2.14. The summed E-state index contributed by atoms with van der Waals surface area (Å²) in [5.74, 6) is 0.460. The van der Waals surface area contributed by atoms with Gasteiger partial charge < -0.3 is 25.0 Å². The van der Waals surface area contributed by atoms with Crippen LogP contribution < -0.4 is 15.0 Å². The van der Waals surface area contributed by atoms with E-state index in [0.717, 1.165) is 51.4 Å². The molecule has 0 aromatic heterocycles. The molecule has 2 aliphatic heterocycles. The van der Waals surface area contributed by atoms with Gasteiger partial charge in [0.2, 0.25) is 0 Å². The van der Waals surface area contributed by atoms with E-state index in [1.807, 2.05) is 18.2 Å². The van der Waals surface area contributed by atoms with Crippen molar-refractivity contribution in [3.8, 4) is 5.75 Å². The highest BCUT2D eigenvalue weighted by atomic mass is 16.5. The third-order valence-electron chi connectivity index (χ3n) is 6.27. The fraction of sp³-hybridized carbons (Fsp3) is 0.480. The Labute approximate surface area is 190 Å².